The Hall–Kier alpha value is -1.72. The van der Waals surface area contributed by atoms with Crippen LogP contribution in [0, 0.1) is 6.92 Å². The summed E-state index contributed by atoms with van der Waals surface area (Å²) in [4.78, 5) is 7.31. The summed E-state index contributed by atoms with van der Waals surface area (Å²) in [6.07, 6.45) is 4.80. The van der Waals surface area contributed by atoms with Crippen molar-refractivity contribution in [2.45, 2.75) is 44.6 Å². The molecule has 8 nitrogen and oxygen atoms in total. The second kappa shape index (κ2) is 12.7. The van der Waals surface area contributed by atoms with Crippen LogP contribution in [0.3, 0.4) is 0 Å². The number of hydrogen-bond acceptors (Lipinski definition) is 5. The first-order valence-corrected chi connectivity index (χ1v) is 11.9. The molecule has 2 fully saturated rings. The summed E-state index contributed by atoms with van der Waals surface area (Å²) in [6, 6.07) is 10.9. The number of nitrogens with zero attached hydrogens (tertiary/aromatic N) is 5. The molecule has 0 amide bonds. The van der Waals surface area contributed by atoms with Crippen LogP contribution >= 0.6 is 24.0 Å². The number of hydrogen-bond donors (Lipinski definition) is 2. The van der Waals surface area contributed by atoms with Gasteiger partial charge in [0.25, 0.3) is 0 Å². The van der Waals surface area contributed by atoms with Gasteiger partial charge in [-0.3, -0.25) is 4.90 Å². The number of rotatable bonds is 9. The van der Waals surface area contributed by atoms with Gasteiger partial charge in [-0.05, 0) is 38.3 Å². The molecule has 9 heteroatoms. The number of morpholine rings is 1. The maximum absolute atomic E-state index is 5.45. The number of benzene rings is 1. The van der Waals surface area contributed by atoms with Crippen molar-refractivity contribution in [3.05, 3.63) is 47.5 Å². The van der Waals surface area contributed by atoms with Crippen LogP contribution in [0.5, 0.6) is 0 Å². The van der Waals surface area contributed by atoms with E-state index in [0.29, 0.717) is 6.54 Å². The summed E-state index contributed by atoms with van der Waals surface area (Å²) < 4.78 is 7.44. The first kappa shape index (κ1) is 25.9. The highest BCUT2D eigenvalue weighted by atomic mass is 127. The zero-order chi connectivity index (χ0) is 22.2. The van der Waals surface area contributed by atoms with Gasteiger partial charge in [0.2, 0.25) is 0 Å². The zero-order valence-corrected chi connectivity index (χ0v) is 22.3. The van der Waals surface area contributed by atoms with E-state index in [2.05, 4.69) is 56.1 Å². The second-order valence-electron chi connectivity index (χ2n) is 8.98. The number of aromatic nitrogens is 3. The van der Waals surface area contributed by atoms with Crippen LogP contribution in [-0.2, 0) is 23.7 Å². The molecule has 0 spiro atoms. The molecule has 2 aliphatic rings. The van der Waals surface area contributed by atoms with E-state index < -0.39 is 0 Å². The van der Waals surface area contributed by atoms with E-state index in [1.54, 1.807) is 0 Å². The minimum atomic E-state index is 0. The molecule has 1 aliphatic heterocycles. The van der Waals surface area contributed by atoms with Gasteiger partial charge in [-0.2, -0.15) is 0 Å². The van der Waals surface area contributed by atoms with Crippen LogP contribution < -0.4 is 10.6 Å². The number of aryl methyl sites for hydroxylation is 1. The topological polar surface area (TPSA) is 79.6 Å². The number of guanidine groups is 1. The summed E-state index contributed by atoms with van der Waals surface area (Å²) in [5, 5.41) is 15.6. The van der Waals surface area contributed by atoms with E-state index in [0.717, 1.165) is 70.0 Å². The highest BCUT2D eigenvalue weighted by Gasteiger charge is 2.38. The fraction of sp³-hybridized carbons (Fsp3) is 0.625. The fourth-order valence-corrected chi connectivity index (χ4v) is 4.46. The normalized spacial score (nSPS) is 18.3. The molecule has 0 radical (unpaired) electrons. The van der Waals surface area contributed by atoms with Crippen molar-refractivity contribution >= 4 is 29.9 Å². The minimum absolute atomic E-state index is 0. The summed E-state index contributed by atoms with van der Waals surface area (Å²) in [5.74, 6) is 2.63. The van der Waals surface area contributed by atoms with Crippen LogP contribution in [0.25, 0.3) is 0 Å². The largest absolute Gasteiger partial charge is 0.379 e. The van der Waals surface area contributed by atoms with E-state index >= 15 is 0 Å². The highest BCUT2D eigenvalue weighted by molar-refractivity contribution is 14.0. The van der Waals surface area contributed by atoms with Crippen LogP contribution in [0.15, 0.2) is 35.3 Å². The van der Waals surface area contributed by atoms with Gasteiger partial charge in [-0.25, -0.2) is 4.99 Å². The predicted octanol–water partition coefficient (Wildman–Crippen LogP) is 2.62. The Morgan fingerprint density at radius 2 is 1.88 bits per heavy atom. The van der Waals surface area contributed by atoms with Gasteiger partial charge >= 0.3 is 0 Å². The lowest BCUT2D eigenvalue weighted by atomic mass is 9.64. The lowest BCUT2D eigenvalue weighted by molar-refractivity contribution is 0.0376. The molecule has 1 aromatic carbocycles. The van der Waals surface area contributed by atoms with E-state index in [4.69, 9.17) is 9.73 Å². The molecule has 1 saturated heterocycles. The van der Waals surface area contributed by atoms with E-state index in [-0.39, 0.29) is 29.4 Å². The van der Waals surface area contributed by atoms with Crippen LogP contribution in [0.1, 0.15) is 42.9 Å². The molecular weight excluding hydrogens is 529 g/mol. The fourth-order valence-electron chi connectivity index (χ4n) is 4.46. The molecule has 2 N–H and O–H groups in total. The third-order valence-electron chi connectivity index (χ3n) is 6.90. The second-order valence-corrected chi connectivity index (χ2v) is 8.98. The molecule has 4 rings (SSSR count). The third-order valence-corrected chi connectivity index (χ3v) is 6.90. The molecule has 0 bridgehead atoms. The molecule has 0 unspecified atom stereocenters. The van der Waals surface area contributed by atoms with Crippen LogP contribution in [0.4, 0.5) is 0 Å². The minimum Gasteiger partial charge on any atom is -0.379 e. The van der Waals surface area contributed by atoms with Gasteiger partial charge in [0.15, 0.2) is 11.8 Å². The third kappa shape index (κ3) is 6.89. The van der Waals surface area contributed by atoms with Crippen molar-refractivity contribution in [3.8, 4) is 0 Å². The van der Waals surface area contributed by atoms with Gasteiger partial charge in [0, 0.05) is 38.6 Å². The Bertz CT molecular complexity index is 876. The smallest absolute Gasteiger partial charge is 0.191 e. The van der Waals surface area contributed by atoms with Crippen molar-refractivity contribution in [2.75, 3.05) is 45.9 Å². The number of nitrogens with one attached hydrogen (secondary N) is 2. The highest BCUT2D eigenvalue weighted by Crippen LogP contribution is 2.43. The van der Waals surface area contributed by atoms with E-state index in [1.165, 1.54) is 24.8 Å². The summed E-state index contributed by atoms with van der Waals surface area (Å²) in [7, 11) is 1.99. The molecule has 33 heavy (non-hydrogen) atoms. The summed E-state index contributed by atoms with van der Waals surface area (Å²) in [5.41, 5.74) is 1.63. The molecule has 1 aliphatic carbocycles. The van der Waals surface area contributed by atoms with Gasteiger partial charge in [-0.15, -0.1) is 34.2 Å². The Labute approximate surface area is 214 Å². The molecule has 0 atom stereocenters. The van der Waals surface area contributed by atoms with E-state index in [9.17, 15) is 0 Å². The standard InChI is InChI=1S/C24H37N7O.HI/c1-20-28-29-22(30(20)2)18-26-23(25-12-7-13-31-14-16-32-17-15-31)27-19-24(10-6-11-24)21-8-4-3-5-9-21;/h3-5,8-9H,6-7,10-19H2,1-2H3,(H2,25,26,27);1H. The zero-order valence-electron chi connectivity index (χ0n) is 19.9. The van der Waals surface area contributed by atoms with Crippen molar-refractivity contribution in [1.82, 2.24) is 30.3 Å². The van der Waals surface area contributed by atoms with Gasteiger partial charge < -0.3 is 19.9 Å². The van der Waals surface area contributed by atoms with Gasteiger partial charge in [-0.1, -0.05) is 36.8 Å². The van der Waals surface area contributed by atoms with E-state index in [1.807, 2.05) is 18.5 Å². The average Bonchev–Trinajstić information content (AvgIpc) is 3.12. The lowest BCUT2D eigenvalue weighted by Crippen LogP contribution is -2.49. The maximum atomic E-state index is 5.45. The quantitative estimate of drug-likeness (QED) is 0.210. The van der Waals surface area contributed by atoms with Crippen LogP contribution in [0.2, 0.25) is 0 Å². The molecule has 182 valence electrons. The predicted molar refractivity (Wildman–Crippen MR) is 142 cm³/mol. The Morgan fingerprint density at radius 1 is 1.12 bits per heavy atom. The van der Waals surface area contributed by atoms with Crippen molar-refractivity contribution in [3.63, 3.8) is 0 Å². The first-order chi connectivity index (χ1) is 15.7. The monoisotopic (exact) mass is 567 g/mol. The SMILES string of the molecule is Cc1nnc(CN=C(NCCCN2CCOCC2)NCC2(c3ccccc3)CCC2)n1C.I. The number of halogens is 1. The summed E-state index contributed by atoms with van der Waals surface area (Å²) in [6.45, 7) is 9.09. The Morgan fingerprint density at radius 3 is 2.52 bits per heavy atom. The lowest BCUT2D eigenvalue weighted by Gasteiger charge is -2.43. The summed E-state index contributed by atoms with van der Waals surface area (Å²) >= 11 is 0. The van der Waals surface area contributed by atoms with Crippen LogP contribution in [-0.4, -0.2) is 71.6 Å². The molecule has 2 aromatic rings. The number of ether oxygens (including phenoxy) is 1. The van der Waals surface area contributed by atoms with Crippen molar-refractivity contribution in [1.29, 1.82) is 0 Å². The Balaban J connectivity index is 0.00000306. The molecule has 2 heterocycles. The van der Waals surface area contributed by atoms with Gasteiger partial charge in [0.1, 0.15) is 12.4 Å². The first-order valence-electron chi connectivity index (χ1n) is 11.9. The number of aliphatic imine (C=N–C) groups is 1. The molecule has 1 aromatic heterocycles. The van der Waals surface area contributed by atoms with Crippen molar-refractivity contribution in [2.24, 2.45) is 12.0 Å². The van der Waals surface area contributed by atoms with Crippen molar-refractivity contribution < 1.29 is 4.74 Å². The Kier molecular flexibility index (Phi) is 9.94. The average molecular weight is 568 g/mol. The molecular formula is C24H38IN7O. The van der Waals surface area contributed by atoms with Gasteiger partial charge in [0.05, 0.1) is 13.2 Å². The molecule has 1 saturated carbocycles. The maximum Gasteiger partial charge on any atom is 0.191 e.